The van der Waals surface area contributed by atoms with Gasteiger partial charge in [0.25, 0.3) is 5.91 Å². The van der Waals surface area contributed by atoms with Gasteiger partial charge in [0, 0.05) is 5.92 Å². The molecule has 1 aliphatic rings. The van der Waals surface area contributed by atoms with E-state index in [2.05, 4.69) is 10.3 Å². The summed E-state index contributed by atoms with van der Waals surface area (Å²) >= 11 is 0. The van der Waals surface area contributed by atoms with Gasteiger partial charge in [-0.1, -0.05) is 6.42 Å². The molecule has 2 rings (SSSR count). The monoisotopic (exact) mass is 292 g/mol. The Morgan fingerprint density at radius 1 is 1.48 bits per heavy atom. The van der Waals surface area contributed by atoms with E-state index in [1.807, 2.05) is 0 Å². The van der Waals surface area contributed by atoms with Crippen molar-refractivity contribution in [1.82, 2.24) is 4.98 Å². The van der Waals surface area contributed by atoms with Crippen LogP contribution in [0.3, 0.4) is 0 Å². The molecule has 7 heteroatoms. The van der Waals surface area contributed by atoms with E-state index in [-0.39, 0.29) is 29.2 Å². The number of nitrogens with zero attached hydrogens (tertiary/aromatic N) is 1. The van der Waals surface area contributed by atoms with Crippen LogP contribution in [0.2, 0.25) is 0 Å². The summed E-state index contributed by atoms with van der Waals surface area (Å²) in [5.74, 6) is -0.483. The first-order valence-corrected chi connectivity index (χ1v) is 6.91. The minimum Gasteiger partial charge on any atom is -0.480 e. The molecule has 5 N–H and O–H groups in total. The lowest BCUT2D eigenvalue weighted by atomic mass is 9.95. The first-order valence-electron chi connectivity index (χ1n) is 6.91. The summed E-state index contributed by atoms with van der Waals surface area (Å²) in [5, 5.41) is 2.77. The third kappa shape index (κ3) is 3.30. The fraction of sp³-hybridized carbons (Fsp3) is 0.500. The van der Waals surface area contributed by atoms with Gasteiger partial charge in [0.05, 0.1) is 19.0 Å². The Morgan fingerprint density at radius 3 is 2.86 bits per heavy atom. The summed E-state index contributed by atoms with van der Waals surface area (Å²) in [5.41, 5.74) is 11.5. The average molecular weight is 292 g/mol. The summed E-state index contributed by atoms with van der Waals surface area (Å²) in [6.07, 6.45) is 4.25. The zero-order valence-electron chi connectivity index (χ0n) is 12.0. The number of rotatable bonds is 5. The predicted molar refractivity (Wildman–Crippen MR) is 77.8 cm³/mol. The van der Waals surface area contributed by atoms with Crippen LogP contribution in [-0.4, -0.2) is 30.5 Å². The third-order valence-electron chi connectivity index (χ3n) is 3.88. The van der Waals surface area contributed by atoms with Gasteiger partial charge >= 0.3 is 0 Å². The fourth-order valence-electron chi connectivity index (χ4n) is 2.76. The Bertz CT molecular complexity index is 547. The first-order chi connectivity index (χ1) is 10.1. The summed E-state index contributed by atoms with van der Waals surface area (Å²) in [6.45, 7) is 0.505. The van der Waals surface area contributed by atoms with E-state index in [1.165, 1.54) is 19.4 Å². The Kier molecular flexibility index (Phi) is 4.74. The number of aromatic nitrogens is 1. The molecule has 2 amide bonds. The maximum Gasteiger partial charge on any atom is 0.254 e. The van der Waals surface area contributed by atoms with E-state index >= 15 is 0 Å². The average Bonchev–Trinajstić information content (AvgIpc) is 2.95. The Balaban J connectivity index is 2.14. The quantitative estimate of drug-likeness (QED) is 0.730. The maximum atomic E-state index is 12.3. The number of amides is 2. The van der Waals surface area contributed by atoms with E-state index in [4.69, 9.17) is 16.2 Å². The van der Waals surface area contributed by atoms with Crippen molar-refractivity contribution in [3.05, 3.63) is 17.8 Å². The van der Waals surface area contributed by atoms with Gasteiger partial charge in [-0.3, -0.25) is 9.59 Å². The van der Waals surface area contributed by atoms with Gasteiger partial charge in [-0.05, 0) is 31.4 Å². The lowest BCUT2D eigenvalue weighted by Crippen LogP contribution is -2.30. The number of hydrogen-bond acceptors (Lipinski definition) is 5. The highest BCUT2D eigenvalue weighted by atomic mass is 16.5. The van der Waals surface area contributed by atoms with Gasteiger partial charge in [-0.25, -0.2) is 4.98 Å². The second-order valence-corrected chi connectivity index (χ2v) is 5.17. The topological polar surface area (TPSA) is 120 Å². The summed E-state index contributed by atoms with van der Waals surface area (Å²) in [6, 6.07) is 1.47. The van der Waals surface area contributed by atoms with Gasteiger partial charge < -0.3 is 21.5 Å². The van der Waals surface area contributed by atoms with E-state index in [0.717, 1.165) is 19.3 Å². The van der Waals surface area contributed by atoms with Gasteiger partial charge in [0.15, 0.2) is 0 Å². The predicted octanol–water partition coefficient (Wildman–Crippen LogP) is 0.503. The van der Waals surface area contributed by atoms with Crippen molar-refractivity contribution >= 4 is 17.5 Å². The SMILES string of the molecule is COc1ncc(NC(=O)[C@@H]2CCC[C@@H]2CN)cc1C(N)=O. The van der Waals surface area contributed by atoms with Crippen LogP contribution < -0.4 is 21.5 Å². The van der Waals surface area contributed by atoms with Crippen LogP contribution in [0.5, 0.6) is 5.88 Å². The van der Waals surface area contributed by atoms with E-state index < -0.39 is 5.91 Å². The van der Waals surface area contributed by atoms with Gasteiger partial charge in [-0.15, -0.1) is 0 Å². The molecule has 0 aliphatic heterocycles. The van der Waals surface area contributed by atoms with Crippen molar-refractivity contribution < 1.29 is 14.3 Å². The molecule has 1 heterocycles. The molecular formula is C14H20N4O3. The molecule has 0 spiro atoms. The fourth-order valence-corrected chi connectivity index (χ4v) is 2.76. The highest BCUT2D eigenvalue weighted by Crippen LogP contribution is 2.32. The zero-order chi connectivity index (χ0) is 15.4. The minimum atomic E-state index is -0.656. The molecule has 0 bridgehead atoms. The third-order valence-corrected chi connectivity index (χ3v) is 3.88. The summed E-state index contributed by atoms with van der Waals surface area (Å²) in [4.78, 5) is 27.6. The molecule has 21 heavy (non-hydrogen) atoms. The van der Waals surface area contributed by atoms with Crippen LogP contribution in [0, 0.1) is 11.8 Å². The largest absolute Gasteiger partial charge is 0.480 e. The number of primary amides is 1. The number of pyridine rings is 1. The molecular weight excluding hydrogens is 272 g/mol. The molecule has 0 aromatic carbocycles. The van der Waals surface area contributed by atoms with Gasteiger partial charge in [-0.2, -0.15) is 0 Å². The standard InChI is InChI=1S/C14H20N4O3/c1-21-14-11(12(16)19)5-9(7-17-14)18-13(20)10-4-2-3-8(10)6-15/h5,7-8,10H,2-4,6,15H2,1H3,(H2,16,19)(H,18,20)/t8-,10-/m1/s1. The van der Waals surface area contributed by atoms with Crippen molar-refractivity contribution in [3.8, 4) is 5.88 Å². The molecule has 0 unspecified atom stereocenters. The van der Waals surface area contributed by atoms with Gasteiger partial charge in [0.1, 0.15) is 5.56 Å². The number of nitrogens with two attached hydrogens (primary N) is 2. The van der Waals surface area contributed by atoms with Crippen LogP contribution in [-0.2, 0) is 4.79 Å². The van der Waals surface area contributed by atoms with Crippen molar-refractivity contribution in [3.63, 3.8) is 0 Å². The van der Waals surface area contributed by atoms with Crippen molar-refractivity contribution in [1.29, 1.82) is 0 Å². The lowest BCUT2D eigenvalue weighted by Gasteiger charge is -2.17. The van der Waals surface area contributed by atoms with Crippen LogP contribution in [0.25, 0.3) is 0 Å². The van der Waals surface area contributed by atoms with E-state index in [1.54, 1.807) is 0 Å². The molecule has 1 fully saturated rings. The normalized spacial score (nSPS) is 21.0. The molecule has 1 aromatic rings. The number of carbonyl (C=O) groups excluding carboxylic acids is 2. The number of hydrogen-bond donors (Lipinski definition) is 3. The van der Waals surface area contributed by atoms with Crippen LogP contribution >= 0.6 is 0 Å². The maximum absolute atomic E-state index is 12.3. The highest BCUT2D eigenvalue weighted by Gasteiger charge is 2.32. The van der Waals surface area contributed by atoms with Crippen molar-refractivity contribution in [2.75, 3.05) is 19.0 Å². The Morgan fingerprint density at radius 2 is 2.24 bits per heavy atom. The number of ether oxygens (including phenoxy) is 1. The van der Waals surface area contributed by atoms with Crippen LogP contribution in [0.1, 0.15) is 29.6 Å². The van der Waals surface area contributed by atoms with E-state index in [9.17, 15) is 9.59 Å². The van der Waals surface area contributed by atoms with Crippen LogP contribution in [0.15, 0.2) is 12.3 Å². The molecule has 7 nitrogen and oxygen atoms in total. The first kappa shape index (κ1) is 15.2. The second kappa shape index (κ2) is 6.53. The molecule has 1 aromatic heterocycles. The van der Waals surface area contributed by atoms with Crippen molar-refractivity contribution in [2.45, 2.75) is 19.3 Å². The highest BCUT2D eigenvalue weighted by molar-refractivity contribution is 5.98. The molecule has 1 aliphatic carbocycles. The number of carbonyl (C=O) groups is 2. The molecule has 0 radical (unpaired) electrons. The smallest absolute Gasteiger partial charge is 0.254 e. The number of anilines is 1. The molecule has 114 valence electrons. The lowest BCUT2D eigenvalue weighted by molar-refractivity contribution is -0.120. The molecule has 2 atom stereocenters. The van der Waals surface area contributed by atoms with Gasteiger partial charge in [0.2, 0.25) is 11.8 Å². The van der Waals surface area contributed by atoms with E-state index in [0.29, 0.717) is 12.2 Å². The van der Waals surface area contributed by atoms with Crippen LogP contribution in [0.4, 0.5) is 5.69 Å². The molecule has 0 saturated heterocycles. The minimum absolute atomic E-state index is 0.0888. The summed E-state index contributed by atoms with van der Waals surface area (Å²) < 4.78 is 4.96. The summed E-state index contributed by atoms with van der Waals surface area (Å²) in [7, 11) is 1.40. The Hall–Kier alpha value is -2.15. The zero-order valence-corrected chi connectivity index (χ0v) is 12.0. The number of methoxy groups -OCH3 is 1. The Labute approximate surface area is 123 Å². The van der Waals surface area contributed by atoms with Crippen molar-refractivity contribution in [2.24, 2.45) is 23.3 Å². The number of nitrogens with one attached hydrogen (secondary N) is 1. The second-order valence-electron chi connectivity index (χ2n) is 5.17. The molecule has 1 saturated carbocycles.